The fourth-order valence-electron chi connectivity index (χ4n) is 4.55. The Balaban J connectivity index is 1.35. The van der Waals surface area contributed by atoms with E-state index in [2.05, 4.69) is 25.4 Å². The van der Waals surface area contributed by atoms with Gasteiger partial charge in [-0.05, 0) is 18.9 Å². The lowest BCUT2D eigenvalue weighted by Gasteiger charge is -2.25. The Morgan fingerprint density at radius 1 is 1.21 bits per heavy atom. The molecule has 1 saturated carbocycles. The van der Waals surface area contributed by atoms with Gasteiger partial charge in [0.2, 0.25) is 5.95 Å². The molecule has 11 heteroatoms. The van der Waals surface area contributed by atoms with Gasteiger partial charge in [-0.3, -0.25) is 14.3 Å². The number of hydrogen-bond donors (Lipinski definition) is 1. The van der Waals surface area contributed by atoms with Crippen molar-refractivity contribution in [1.29, 1.82) is 0 Å². The zero-order valence-corrected chi connectivity index (χ0v) is 18.9. The van der Waals surface area contributed by atoms with Crippen molar-refractivity contribution in [2.24, 2.45) is 7.05 Å². The molecule has 3 aromatic heterocycles. The third-order valence-electron chi connectivity index (χ3n) is 6.46. The Morgan fingerprint density at radius 2 is 1.97 bits per heavy atom. The van der Waals surface area contributed by atoms with Gasteiger partial charge in [0.25, 0.3) is 11.8 Å². The number of nitrogens with one attached hydrogen (secondary N) is 1. The summed E-state index contributed by atoms with van der Waals surface area (Å²) in [6.45, 7) is 2.79. The van der Waals surface area contributed by atoms with Crippen LogP contribution in [0.25, 0.3) is 5.65 Å². The first-order valence-corrected chi connectivity index (χ1v) is 11.3. The number of hydrogen-bond acceptors (Lipinski definition) is 7. The van der Waals surface area contributed by atoms with E-state index in [9.17, 15) is 9.59 Å². The number of carbonyl (C=O) groups excluding carboxylic acids is 2. The molecule has 2 fully saturated rings. The lowest BCUT2D eigenvalue weighted by Crippen LogP contribution is -2.36. The van der Waals surface area contributed by atoms with Gasteiger partial charge < -0.3 is 19.9 Å². The number of anilines is 2. The lowest BCUT2D eigenvalue weighted by molar-refractivity contribution is 0.0730. The standard InChI is InChI=1S/C22H28N8O3/c1-27(16-5-3-4-6-16)21(32)17-14-23-28(2)19(17)20(31)24-15-7-8-30-18(13-15)25-22(26-30)29-9-11-33-12-10-29/h7-8,13-14,16H,3-6,9-12H2,1-2H3,(H,24,31). The molecule has 2 amide bonds. The van der Waals surface area contributed by atoms with E-state index >= 15 is 0 Å². The molecule has 174 valence electrons. The van der Waals surface area contributed by atoms with E-state index in [0.717, 1.165) is 38.8 Å². The van der Waals surface area contributed by atoms with Crippen LogP contribution in [0, 0.1) is 0 Å². The molecule has 1 saturated heterocycles. The Hall–Kier alpha value is -3.47. The number of ether oxygens (including phenoxy) is 1. The van der Waals surface area contributed by atoms with Crippen LogP contribution in [0.2, 0.25) is 0 Å². The first kappa shape index (κ1) is 21.4. The third-order valence-corrected chi connectivity index (χ3v) is 6.46. The quantitative estimate of drug-likeness (QED) is 0.626. The summed E-state index contributed by atoms with van der Waals surface area (Å²) >= 11 is 0. The summed E-state index contributed by atoms with van der Waals surface area (Å²) in [4.78, 5) is 34.7. The molecule has 3 aromatic rings. The second kappa shape index (κ2) is 8.81. The highest BCUT2D eigenvalue weighted by Gasteiger charge is 2.29. The molecule has 0 aromatic carbocycles. The zero-order valence-electron chi connectivity index (χ0n) is 18.9. The summed E-state index contributed by atoms with van der Waals surface area (Å²) in [7, 11) is 3.47. The van der Waals surface area contributed by atoms with Crippen molar-refractivity contribution >= 4 is 29.1 Å². The van der Waals surface area contributed by atoms with Gasteiger partial charge in [-0.25, -0.2) is 4.52 Å². The molecular formula is C22H28N8O3. The molecule has 5 rings (SSSR count). The van der Waals surface area contributed by atoms with Gasteiger partial charge in [-0.2, -0.15) is 10.1 Å². The van der Waals surface area contributed by atoms with Gasteiger partial charge in [-0.15, -0.1) is 5.10 Å². The highest BCUT2D eigenvalue weighted by atomic mass is 16.5. The van der Waals surface area contributed by atoms with Gasteiger partial charge in [0, 0.05) is 51.2 Å². The summed E-state index contributed by atoms with van der Waals surface area (Å²) in [6, 6.07) is 3.73. The Kier molecular flexibility index (Phi) is 5.71. The van der Waals surface area contributed by atoms with Crippen LogP contribution in [0.3, 0.4) is 0 Å². The summed E-state index contributed by atoms with van der Waals surface area (Å²) in [5.74, 6) is 0.0647. The molecular weight excluding hydrogens is 424 g/mol. The van der Waals surface area contributed by atoms with E-state index in [0.29, 0.717) is 36.1 Å². The number of morpholine rings is 1. The molecule has 0 unspecified atom stereocenters. The highest BCUT2D eigenvalue weighted by molar-refractivity contribution is 6.11. The number of carbonyl (C=O) groups is 2. The fourth-order valence-corrected chi connectivity index (χ4v) is 4.55. The summed E-state index contributed by atoms with van der Waals surface area (Å²) in [5, 5.41) is 11.6. The maximum absolute atomic E-state index is 13.1. The third kappa shape index (κ3) is 4.15. The molecule has 11 nitrogen and oxygen atoms in total. The first-order chi connectivity index (χ1) is 16.0. The van der Waals surface area contributed by atoms with Crippen molar-refractivity contribution in [1.82, 2.24) is 29.3 Å². The minimum Gasteiger partial charge on any atom is -0.378 e. The smallest absolute Gasteiger partial charge is 0.274 e. The number of aromatic nitrogens is 5. The normalized spacial score (nSPS) is 17.0. The molecule has 0 atom stereocenters. The number of amides is 2. The van der Waals surface area contributed by atoms with Crippen molar-refractivity contribution in [3.05, 3.63) is 35.8 Å². The summed E-state index contributed by atoms with van der Waals surface area (Å²) in [5.41, 5.74) is 1.73. The lowest BCUT2D eigenvalue weighted by atomic mass is 10.1. The largest absolute Gasteiger partial charge is 0.378 e. The van der Waals surface area contributed by atoms with E-state index in [1.165, 1.54) is 10.9 Å². The van der Waals surface area contributed by atoms with Gasteiger partial charge in [0.05, 0.1) is 25.0 Å². The van der Waals surface area contributed by atoms with Crippen LogP contribution in [-0.2, 0) is 11.8 Å². The Morgan fingerprint density at radius 3 is 2.73 bits per heavy atom. The average Bonchev–Trinajstić information content (AvgIpc) is 3.58. The van der Waals surface area contributed by atoms with Crippen molar-refractivity contribution in [3.8, 4) is 0 Å². The van der Waals surface area contributed by atoms with E-state index < -0.39 is 5.91 Å². The monoisotopic (exact) mass is 452 g/mol. The van der Waals surface area contributed by atoms with E-state index in [-0.39, 0.29) is 17.6 Å². The van der Waals surface area contributed by atoms with Crippen LogP contribution < -0.4 is 10.2 Å². The number of nitrogens with zero attached hydrogens (tertiary/aromatic N) is 7. The number of rotatable bonds is 5. The van der Waals surface area contributed by atoms with Gasteiger partial charge in [0.15, 0.2) is 5.65 Å². The molecule has 33 heavy (non-hydrogen) atoms. The second-order valence-electron chi connectivity index (χ2n) is 8.57. The van der Waals surface area contributed by atoms with E-state index in [1.807, 2.05) is 0 Å². The summed E-state index contributed by atoms with van der Waals surface area (Å²) < 4.78 is 8.51. The van der Waals surface area contributed by atoms with Crippen molar-refractivity contribution < 1.29 is 14.3 Å². The molecule has 4 heterocycles. The van der Waals surface area contributed by atoms with Crippen molar-refractivity contribution in [2.75, 3.05) is 43.6 Å². The van der Waals surface area contributed by atoms with Gasteiger partial charge in [0.1, 0.15) is 5.69 Å². The average molecular weight is 453 g/mol. The molecule has 1 aliphatic heterocycles. The SMILES string of the molecule is CN(C(=O)c1cnn(C)c1C(=O)Nc1ccn2nc(N3CCOCC3)nc2c1)C1CCCC1. The molecule has 0 spiro atoms. The topological polar surface area (TPSA) is 110 Å². The van der Waals surface area contributed by atoms with E-state index in [1.54, 1.807) is 41.8 Å². The minimum atomic E-state index is -0.393. The van der Waals surface area contributed by atoms with E-state index in [4.69, 9.17) is 4.74 Å². The molecule has 0 bridgehead atoms. The van der Waals surface area contributed by atoms with Gasteiger partial charge in [-0.1, -0.05) is 12.8 Å². The number of pyridine rings is 1. The molecule has 1 N–H and O–H groups in total. The highest BCUT2D eigenvalue weighted by Crippen LogP contribution is 2.25. The number of aryl methyl sites for hydroxylation is 1. The van der Waals surface area contributed by atoms with Crippen LogP contribution in [0.4, 0.5) is 11.6 Å². The van der Waals surface area contributed by atoms with Crippen LogP contribution in [-0.4, -0.2) is 80.5 Å². The van der Waals surface area contributed by atoms with Crippen LogP contribution in [0.15, 0.2) is 24.5 Å². The van der Waals surface area contributed by atoms with Gasteiger partial charge >= 0.3 is 0 Å². The molecule has 2 aliphatic rings. The van der Waals surface area contributed by atoms with Crippen molar-refractivity contribution in [2.45, 2.75) is 31.7 Å². The minimum absolute atomic E-state index is 0.178. The summed E-state index contributed by atoms with van der Waals surface area (Å²) in [6.07, 6.45) is 7.47. The second-order valence-corrected chi connectivity index (χ2v) is 8.57. The number of fused-ring (bicyclic) bond motifs is 1. The maximum Gasteiger partial charge on any atom is 0.274 e. The predicted octanol–water partition coefficient (Wildman–Crippen LogP) is 1.57. The van der Waals surface area contributed by atoms with Crippen molar-refractivity contribution in [3.63, 3.8) is 0 Å². The van der Waals surface area contributed by atoms with Crippen LogP contribution in [0.1, 0.15) is 46.5 Å². The molecule has 0 radical (unpaired) electrons. The maximum atomic E-state index is 13.1. The predicted molar refractivity (Wildman–Crippen MR) is 122 cm³/mol. The van der Waals surface area contributed by atoms with Crippen LogP contribution >= 0.6 is 0 Å². The Labute approximate surface area is 191 Å². The molecule has 1 aliphatic carbocycles. The van der Waals surface area contributed by atoms with Crippen LogP contribution in [0.5, 0.6) is 0 Å². The first-order valence-electron chi connectivity index (χ1n) is 11.3. The Bertz CT molecular complexity index is 1170. The zero-order chi connectivity index (χ0) is 22.9. The fraction of sp³-hybridized carbons (Fsp3) is 0.500.